The van der Waals surface area contributed by atoms with E-state index in [1.165, 1.54) is 5.52 Å². The molecule has 4 heteroatoms. The highest BCUT2D eigenvalue weighted by atomic mass is 15.1. The first-order valence-electron chi connectivity index (χ1n) is 7.65. The summed E-state index contributed by atoms with van der Waals surface area (Å²) in [7, 11) is 2.09. The molecular weight excluding hydrogens is 272 g/mol. The van der Waals surface area contributed by atoms with Gasteiger partial charge in [0.25, 0.3) is 0 Å². The standard InChI is InChI=1S/C18H18N4/c1-22-16-10-5-4-9-15(16)21-18(22)12-6-11-17-19-13-7-2-3-8-14(13)20-17/h2-5,7-10H,6,11-12H2,1H3,(H,19,20). The molecule has 4 rings (SSSR count). The van der Waals surface area contributed by atoms with Crippen molar-refractivity contribution in [3.05, 3.63) is 60.2 Å². The minimum Gasteiger partial charge on any atom is -0.342 e. The molecule has 0 saturated carbocycles. The van der Waals surface area contributed by atoms with Crippen molar-refractivity contribution < 1.29 is 0 Å². The molecule has 0 fully saturated rings. The Morgan fingerprint density at radius 2 is 1.68 bits per heavy atom. The Morgan fingerprint density at radius 3 is 2.50 bits per heavy atom. The molecule has 0 unspecified atom stereocenters. The Balaban J connectivity index is 1.48. The Labute approximate surface area is 128 Å². The van der Waals surface area contributed by atoms with Crippen LogP contribution in [0.4, 0.5) is 0 Å². The van der Waals surface area contributed by atoms with E-state index in [0.29, 0.717) is 0 Å². The van der Waals surface area contributed by atoms with Crippen molar-refractivity contribution in [2.75, 3.05) is 0 Å². The molecule has 0 aliphatic rings. The summed E-state index contributed by atoms with van der Waals surface area (Å²) in [5.74, 6) is 2.19. The van der Waals surface area contributed by atoms with Gasteiger partial charge in [-0.2, -0.15) is 0 Å². The molecule has 1 N–H and O–H groups in total. The molecule has 2 heterocycles. The first-order valence-corrected chi connectivity index (χ1v) is 7.65. The third-order valence-corrected chi connectivity index (χ3v) is 4.13. The van der Waals surface area contributed by atoms with Gasteiger partial charge in [-0.05, 0) is 30.7 Å². The molecule has 2 aromatic carbocycles. The first kappa shape index (κ1) is 13.1. The molecule has 0 aliphatic heterocycles. The summed E-state index contributed by atoms with van der Waals surface area (Å²) < 4.78 is 2.19. The van der Waals surface area contributed by atoms with Crippen LogP contribution in [0.5, 0.6) is 0 Å². The van der Waals surface area contributed by atoms with Crippen LogP contribution in [0.3, 0.4) is 0 Å². The average Bonchev–Trinajstić information content (AvgIpc) is 3.09. The SMILES string of the molecule is Cn1c(CCCc2nc3ccccc3[nH]2)nc2ccccc21. The third-order valence-electron chi connectivity index (χ3n) is 4.13. The van der Waals surface area contributed by atoms with Crippen molar-refractivity contribution in [1.82, 2.24) is 19.5 Å². The van der Waals surface area contributed by atoms with Crippen LogP contribution in [0, 0.1) is 0 Å². The van der Waals surface area contributed by atoms with Gasteiger partial charge in [-0.25, -0.2) is 9.97 Å². The van der Waals surface area contributed by atoms with Gasteiger partial charge in [-0.1, -0.05) is 24.3 Å². The van der Waals surface area contributed by atoms with E-state index in [4.69, 9.17) is 4.98 Å². The van der Waals surface area contributed by atoms with Crippen LogP contribution in [0.15, 0.2) is 48.5 Å². The second kappa shape index (κ2) is 5.30. The van der Waals surface area contributed by atoms with Gasteiger partial charge in [0.05, 0.1) is 22.1 Å². The summed E-state index contributed by atoms with van der Waals surface area (Å²) in [5, 5.41) is 0. The smallest absolute Gasteiger partial charge is 0.109 e. The number of hydrogen-bond acceptors (Lipinski definition) is 2. The van der Waals surface area contributed by atoms with Crippen LogP contribution in [0.2, 0.25) is 0 Å². The summed E-state index contributed by atoms with van der Waals surface area (Å²) in [6.07, 6.45) is 2.94. The number of benzene rings is 2. The van der Waals surface area contributed by atoms with Crippen molar-refractivity contribution in [3.63, 3.8) is 0 Å². The van der Waals surface area contributed by atoms with Gasteiger partial charge in [0.1, 0.15) is 11.6 Å². The molecule has 0 aliphatic carbocycles. The lowest BCUT2D eigenvalue weighted by Crippen LogP contribution is -1.99. The molecule has 2 aromatic heterocycles. The lowest BCUT2D eigenvalue weighted by molar-refractivity contribution is 0.718. The van der Waals surface area contributed by atoms with Crippen LogP contribution < -0.4 is 0 Å². The van der Waals surface area contributed by atoms with E-state index < -0.39 is 0 Å². The fraction of sp³-hybridized carbons (Fsp3) is 0.222. The van der Waals surface area contributed by atoms with E-state index in [9.17, 15) is 0 Å². The van der Waals surface area contributed by atoms with Crippen molar-refractivity contribution in [1.29, 1.82) is 0 Å². The maximum absolute atomic E-state index is 4.72. The monoisotopic (exact) mass is 290 g/mol. The van der Waals surface area contributed by atoms with Gasteiger partial charge in [-0.15, -0.1) is 0 Å². The summed E-state index contributed by atoms with van der Waals surface area (Å²) >= 11 is 0. The van der Waals surface area contributed by atoms with E-state index in [-0.39, 0.29) is 0 Å². The van der Waals surface area contributed by atoms with Crippen LogP contribution >= 0.6 is 0 Å². The molecule has 110 valence electrons. The Kier molecular flexibility index (Phi) is 3.15. The molecular formula is C18H18N4. The van der Waals surface area contributed by atoms with Gasteiger partial charge in [0.2, 0.25) is 0 Å². The second-order valence-electron chi connectivity index (χ2n) is 5.63. The van der Waals surface area contributed by atoms with Crippen LogP contribution in [0.25, 0.3) is 22.1 Å². The molecule has 0 bridgehead atoms. The molecule has 0 atom stereocenters. The van der Waals surface area contributed by atoms with E-state index in [1.54, 1.807) is 0 Å². The number of H-pyrrole nitrogens is 1. The number of hydrogen-bond donors (Lipinski definition) is 1. The third kappa shape index (κ3) is 2.26. The lowest BCUT2D eigenvalue weighted by Gasteiger charge is -2.01. The van der Waals surface area contributed by atoms with Crippen LogP contribution in [-0.4, -0.2) is 19.5 Å². The van der Waals surface area contributed by atoms with E-state index in [2.05, 4.69) is 45.8 Å². The largest absolute Gasteiger partial charge is 0.342 e. The van der Waals surface area contributed by atoms with Crippen LogP contribution in [-0.2, 0) is 19.9 Å². The number of nitrogens with one attached hydrogen (secondary N) is 1. The molecule has 0 spiro atoms. The van der Waals surface area contributed by atoms with Crippen molar-refractivity contribution in [2.24, 2.45) is 7.05 Å². The van der Waals surface area contributed by atoms with Crippen molar-refractivity contribution in [2.45, 2.75) is 19.3 Å². The predicted molar refractivity (Wildman–Crippen MR) is 88.8 cm³/mol. The van der Waals surface area contributed by atoms with Crippen molar-refractivity contribution in [3.8, 4) is 0 Å². The number of aromatic nitrogens is 4. The second-order valence-corrected chi connectivity index (χ2v) is 5.63. The minimum absolute atomic E-state index is 0.942. The first-order chi connectivity index (χ1) is 10.8. The maximum atomic E-state index is 4.72. The Morgan fingerprint density at radius 1 is 0.909 bits per heavy atom. The highest BCUT2D eigenvalue weighted by Gasteiger charge is 2.08. The quantitative estimate of drug-likeness (QED) is 0.624. The van der Waals surface area contributed by atoms with Gasteiger partial charge in [0, 0.05) is 19.9 Å². The number of rotatable bonds is 4. The highest BCUT2D eigenvalue weighted by Crippen LogP contribution is 2.16. The number of imidazole rings is 2. The number of nitrogens with zero attached hydrogens (tertiary/aromatic N) is 3. The van der Waals surface area contributed by atoms with Gasteiger partial charge >= 0.3 is 0 Å². The zero-order chi connectivity index (χ0) is 14.9. The summed E-state index contributed by atoms with van der Waals surface area (Å²) in [6.45, 7) is 0. The summed E-state index contributed by atoms with van der Waals surface area (Å²) in [6, 6.07) is 16.4. The number of aryl methyl sites for hydroxylation is 3. The molecule has 0 saturated heterocycles. The maximum Gasteiger partial charge on any atom is 0.109 e. The van der Waals surface area contributed by atoms with Crippen molar-refractivity contribution >= 4 is 22.1 Å². The zero-order valence-electron chi connectivity index (χ0n) is 12.6. The van der Waals surface area contributed by atoms with Gasteiger partial charge < -0.3 is 9.55 Å². The average molecular weight is 290 g/mol. The normalized spacial score (nSPS) is 11.5. The minimum atomic E-state index is 0.942. The number of fused-ring (bicyclic) bond motifs is 2. The zero-order valence-corrected chi connectivity index (χ0v) is 12.6. The Bertz CT molecular complexity index is 899. The Hall–Kier alpha value is -2.62. The van der Waals surface area contributed by atoms with Crippen LogP contribution in [0.1, 0.15) is 18.1 Å². The molecule has 22 heavy (non-hydrogen) atoms. The summed E-state index contributed by atoms with van der Waals surface area (Å²) in [5.41, 5.74) is 4.42. The number of para-hydroxylation sites is 4. The molecule has 0 radical (unpaired) electrons. The van der Waals surface area contributed by atoms with Gasteiger partial charge in [0.15, 0.2) is 0 Å². The fourth-order valence-electron chi connectivity index (χ4n) is 2.96. The molecule has 0 amide bonds. The lowest BCUT2D eigenvalue weighted by atomic mass is 10.2. The van der Waals surface area contributed by atoms with E-state index in [1.807, 2.05) is 24.3 Å². The van der Waals surface area contributed by atoms with E-state index >= 15 is 0 Å². The fourth-order valence-corrected chi connectivity index (χ4v) is 2.96. The number of aromatic amines is 1. The van der Waals surface area contributed by atoms with Gasteiger partial charge in [-0.3, -0.25) is 0 Å². The predicted octanol–water partition coefficient (Wildman–Crippen LogP) is 3.62. The topological polar surface area (TPSA) is 46.5 Å². The molecule has 4 aromatic rings. The molecule has 4 nitrogen and oxygen atoms in total. The van der Waals surface area contributed by atoms with E-state index in [0.717, 1.165) is 47.5 Å². The highest BCUT2D eigenvalue weighted by molar-refractivity contribution is 5.76. The summed E-state index contributed by atoms with van der Waals surface area (Å²) in [4.78, 5) is 12.7.